The lowest BCUT2D eigenvalue weighted by molar-refractivity contribution is 0.673. The van der Waals surface area contributed by atoms with Gasteiger partial charge in [-0.3, -0.25) is 0 Å². The molecule has 0 aliphatic heterocycles. The van der Waals surface area contributed by atoms with E-state index in [1.165, 1.54) is 32.7 Å². The summed E-state index contributed by atoms with van der Waals surface area (Å²) in [6, 6.07) is 58.5. The van der Waals surface area contributed by atoms with Gasteiger partial charge < -0.3 is 9.32 Å². The molecule has 2 heteroatoms. The third-order valence-electron chi connectivity index (χ3n) is 8.81. The van der Waals surface area contributed by atoms with Gasteiger partial charge in [0, 0.05) is 32.9 Å². The van der Waals surface area contributed by atoms with Crippen LogP contribution in [0.2, 0.25) is 0 Å². The molecule has 206 valence electrons. The Morgan fingerprint density at radius 1 is 0.386 bits per heavy atom. The van der Waals surface area contributed by atoms with E-state index in [-0.39, 0.29) is 0 Å². The second-order valence-corrected chi connectivity index (χ2v) is 11.3. The zero-order chi connectivity index (χ0) is 29.0. The fourth-order valence-corrected chi connectivity index (χ4v) is 6.82. The van der Waals surface area contributed by atoms with E-state index in [1.54, 1.807) is 0 Å². The van der Waals surface area contributed by atoms with Crippen molar-refractivity contribution < 1.29 is 4.42 Å². The molecule has 9 aromatic rings. The molecule has 0 atom stereocenters. The lowest BCUT2D eigenvalue weighted by atomic mass is 9.94. The van der Waals surface area contributed by atoms with E-state index in [9.17, 15) is 0 Å². The average molecular weight is 562 g/mol. The van der Waals surface area contributed by atoms with Crippen LogP contribution in [0.3, 0.4) is 0 Å². The number of nitrogens with zero attached hydrogens (tertiary/aromatic N) is 1. The fraction of sp³-hybridized carbons (Fsp3) is 0. The van der Waals surface area contributed by atoms with E-state index in [0.717, 1.165) is 49.8 Å². The molecule has 0 aliphatic rings. The molecule has 44 heavy (non-hydrogen) atoms. The predicted octanol–water partition coefficient (Wildman–Crippen LogP) is 12.2. The number of fused-ring (bicyclic) bond motifs is 7. The van der Waals surface area contributed by atoms with Crippen molar-refractivity contribution in [2.24, 2.45) is 0 Å². The second-order valence-electron chi connectivity index (χ2n) is 11.3. The molecule has 0 aliphatic carbocycles. The molecule has 0 radical (unpaired) electrons. The summed E-state index contributed by atoms with van der Waals surface area (Å²) in [6.45, 7) is 0. The topological polar surface area (TPSA) is 16.4 Å². The van der Waals surface area contributed by atoms with E-state index in [4.69, 9.17) is 4.42 Å². The van der Waals surface area contributed by atoms with Gasteiger partial charge in [0.1, 0.15) is 11.2 Å². The van der Waals surface area contributed by atoms with E-state index < -0.39 is 0 Å². The van der Waals surface area contributed by atoms with Gasteiger partial charge in [0.25, 0.3) is 0 Å². The van der Waals surface area contributed by atoms with Crippen molar-refractivity contribution in [1.29, 1.82) is 0 Å². The summed E-state index contributed by atoms with van der Waals surface area (Å²) in [5.74, 6) is 0. The zero-order valence-electron chi connectivity index (χ0n) is 23.9. The third-order valence-corrected chi connectivity index (χ3v) is 8.81. The summed E-state index contributed by atoms with van der Waals surface area (Å²) in [5, 5.41) is 9.39. The van der Waals surface area contributed by atoms with E-state index in [0.29, 0.717) is 0 Å². The maximum atomic E-state index is 6.73. The Hall–Kier alpha value is -5.86. The van der Waals surface area contributed by atoms with Crippen molar-refractivity contribution in [2.45, 2.75) is 0 Å². The Bertz CT molecular complexity index is 2500. The Labute approximate surface area is 255 Å². The Morgan fingerprint density at radius 2 is 1.05 bits per heavy atom. The number of hydrogen-bond acceptors (Lipinski definition) is 2. The SMILES string of the molecule is c1ccc(N(c2ccc3ccccc3c2)c2cc3c(oc4cccc(-c5cccc6ccccc56)c43)c3ccccc23)cc1. The summed E-state index contributed by atoms with van der Waals surface area (Å²) in [5.41, 5.74) is 7.53. The number of benzene rings is 8. The molecule has 8 aromatic carbocycles. The molecule has 0 fully saturated rings. The van der Waals surface area contributed by atoms with E-state index >= 15 is 0 Å². The third kappa shape index (κ3) is 3.82. The maximum Gasteiger partial charge on any atom is 0.143 e. The lowest BCUT2D eigenvalue weighted by Gasteiger charge is -2.27. The largest absolute Gasteiger partial charge is 0.455 e. The van der Waals surface area contributed by atoms with Crippen LogP contribution in [0.1, 0.15) is 0 Å². The molecule has 0 saturated heterocycles. The molecule has 1 aromatic heterocycles. The summed E-state index contributed by atoms with van der Waals surface area (Å²) < 4.78 is 6.73. The van der Waals surface area contributed by atoms with Crippen molar-refractivity contribution in [2.75, 3.05) is 4.90 Å². The van der Waals surface area contributed by atoms with Crippen LogP contribution in [-0.2, 0) is 0 Å². The molecule has 1 heterocycles. The standard InChI is InChI=1S/C42H27NO/c1-2-16-31(17-3-1)43(32-25-24-28-12-4-5-14-30(28)26-32)39-27-38-41-36(34-21-10-15-29-13-6-7-18-33(29)34)22-11-23-40(41)44-42(38)37-20-9-8-19-35(37)39/h1-27H. The van der Waals surface area contributed by atoms with Crippen LogP contribution in [0.25, 0.3) is 65.4 Å². The molecule has 0 unspecified atom stereocenters. The van der Waals surface area contributed by atoms with Gasteiger partial charge in [-0.2, -0.15) is 0 Å². The number of para-hydroxylation sites is 1. The lowest BCUT2D eigenvalue weighted by Crippen LogP contribution is -2.10. The van der Waals surface area contributed by atoms with Crippen molar-refractivity contribution in [3.05, 3.63) is 164 Å². The first-order valence-electron chi connectivity index (χ1n) is 15.0. The number of anilines is 3. The quantitative estimate of drug-likeness (QED) is 0.212. The molecule has 0 N–H and O–H groups in total. The smallest absolute Gasteiger partial charge is 0.143 e. The van der Waals surface area contributed by atoms with Gasteiger partial charge in [-0.15, -0.1) is 0 Å². The first-order valence-corrected chi connectivity index (χ1v) is 15.0. The highest BCUT2D eigenvalue weighted by molar-refractivity contribution is 6.23. The van der Waals surface area contributed by atoms with Crippen LogP contribution in [0.4, 0.5) is 17.1 Å². The van der Waals surface area contributed by atoms with Crippen molar-refractivity contribution in [3.8, 4) is 11.1 Å². The molecular weight excluding hydrogens is 534 g/mol. The van der Waals surface area contributed by atoms with Crippen LogP contribution in [0.15, 0.2) is 168 Å². The van der Waals surface area contributed by atoms with Gasteiger partial charge in [0.05, 0.1) is 5.69 Å². The zero-order valence-corrected chi connectivity index (χ0v) is 23.9. The Balaban J connectivity index is 1.39. The highest BCUT2D eigenvalue weighted by atomic mass is 16.3. The average Bonchev–Trinajstić information content (AvgIpc) is 3.48. The molecule has 0 spiro atoms. The minimum absolute atomic E-state index is 0.893. The summed E-state index contributed by atoms with van der Waals surface area (Å²) in [7, 11) is 0. The van der Waals surface area contributed by atoms with Crippen molar-refractivity contribution >= 4 is 71.3 Å². The molecule has 0 saturated carbocycles. The van der Waals surface area contributed by atoms with E-state index in [1.807, 2.05) is 0 Å². The number of furan rings is 1. The number of hydrogen-bond donors (Lipinski definition) is 0. The monoisotopic (exact) mass is 561 g/mol. The van der Waals surface area contributed by atoms with Gasteiger partial charge in [0.15, 0.2) is 0 Å². The predicted molar refractivity (Wildman–Crippen MR) is 186 cm³/mol. The Kier molecular flexibility index (Phi) is 5.54. The van der Waals surface area contributed by atoms with E-state index in [2.05, 4.69) is 169 Å². The van der Waals surface area contributed by atoms with Crippen molar-refractivity contribution in [3.63, 3.8) is 0 Å². The van der Waals surface area contributed by atoms with Crippen LogP contribution in [0, 0.1) is 0 Å². The van der Waals surface area contributed by atoms with Crippen molar-refractivity contribution in [1.82, 2.24) is 0 Å². The van der Waals surface area contributed by atoms with Crippen LogP contribution < -0.4 is 4.90 Å². The maximum absolute atomic E-state index is 6.73. The summed E-state index contributed by atoms with van der Waals surface area (Å²) in [4.78, 5) is 2.38. The second kappa shape index (κ2) is 9.86. The molecule has 0 amide bonds. The van der Waals surface area contributed by atoms with Gasteiger partial charge in [0.2, 0.25) is 0 Å². The minimum atomic E-state index is 0.893. The van der Waals surface area contributed by atoms with Gasteiger partial charge in [-0.25, -0.2) is 0 Å². The first-order chi connectivity index (χ1) is 21.8. The molecule has 0 bridgehead atoms. The molecular formula is C42H27NO. The van der Waals surface area contributed by atoms with Crippen LogP contribution in [-0.4, -0.2) is 0 Å². The summed E-state index contributed by atoms with van der Waals surface area (Å²) >= 11 is 0. The van der Waals surface area contributed by atoms with Gasteiger partial charge in [-0.1, -0.05) is 127 Å². The highest BCUT2D eigenvalue weighted by Gasteiger charge is 2.22. The minimum Gasteiger partial charge on any atom is -0.455 e. The Morgan fingerprint density at radius 3 is 1.91 bits per heavy atom. The molecule has 9 rings (SSSR count). The fourth-order valence-electron chi connectivity index (χ4n) is 6.82. The first kappa shape index (κ1) is 24.7. The van der Waals surface area contributed by atoms with Gasteiger partial charge >= 0.3 is 0 Å². The normalized spacial score (nSPS) is 11.6. The molecule has 2 nitrogen and oxygen atoms in total. The van der Waals surface area contributed by atoms with Crippen LogP contribution >= 0.6 is 0 Å². The number of rotatable bonds is 4. The highest BCUT2D eigenvalue weighted by Crippen LogP contribution is 2.47. The van der Waals surface area contributed by atoms with Gasteiger partial charge in [-0.05, 0) is 69.1 Å². The summed E-state index contributed by atoms with van der Waals surface area (Å²) in [6.07, 6.45) is 0. The van der Waals surface area contributed by atoms with Crippen LogP contribution in [0.5, 0.6) is 0 Å².